The molecule has 2 N–H and O–H groups in total. The van der Waals surface area contributed by atoms with Crippen LogP contribution in [0.5, 0.6) is 0 Å². The number of carbonyl (C=O) groups excluding carboxylic acids is 5. The van der Waals surface area contributed by atoms with Crippen molar-refractivity contribution in [2.45, 2.75) is 70.9 Å². The monoisotopic (exact) mass is 436 g/mol. The van der Waals surface area contributed by atoms with Crippen LogP contribution in [0.2, 0.25) is 0 Å². The highest BCUT2D eigenvalue weighted by molar-refractivity contribution is 5.93. The number of aliphatic imine (C=N–C) groups is 3. The van der Waals surface area contributed by atoms with Crippen molar-refractivity contribution in [2.24, 2.45) is 15.0 Å². The highest BCUT2D eigenvalue weighted by atomic mass is 16.2. The molecule has 0 radical (unpaired) electrons. The predicted molar refractivity (Wildman–Crippen MR) is 114 cm³/mol. The zero-order valence-corrected chi connectivity index (χ0v) is 18.1. The van der Waals surface area contributed by atoms with Gasteiger partial charge >= 0.3 is 12.1 Å². The topological polar surface area (TPSA) is 150 Å². The van der Waals surface area contributed by atoms with E-state index in [-0.39, 0.29) is 6.54 Å². The van der Waals surface area contributed by atoms with Crippen LogP contribution >= 0.6 is 0 Å². The number of amides is 4. The summed E-state index contributed by atoms with van der Waals surface area (Å²) in [6.07, 6.45) is 9.76. The summed E-state index contributed by atoms with van der Waals surface area (Å²) in [5, 5.41) is 5.30. The van der Waals surface area contributed by atoms with E-state index in [1.165, 1.54) is 18.2 Å². The third kappa shape index (κ3) is 15.4. The van der Waals surface area contributed by atoms with Gasteiger partial charge in [-0.3, -0.25) is 0 Å². The molecule has 4 amide bonds. The largest absolute Gasteiger partial charge is 0.338 e. The van der Waals surface area contributed by atoms with Crippen LogP contribution in [-0.4, -0.2) is 67.5 Å². The van der Waals surface area contributed by atoms with Gasteiger partial charge in [0.05, 0.1) is 13.1 Å². The fraction of sp³-hybridized carbons (Fsp3) is 0.750. The molecule has 0 aliphatic carbocycles. The number of unbranched alkanes of at least 4 members (excludes halogenated alkanes) is 5. The number of urea groups is 2. The Labute approximate surface area is 182 Å². The number of carbonyl (C=O) groups is 2. The summed E-state index contributed by atoms with van der Waals surface area (Å²) in [4.78, 5) is 67.5. The number of hydrogen-bond donors (Lipinski definition) is 2. The van der Waals surface area contributed by atoms with Gasteiger partial charge in [-0.2, -0.15) is 4.99 Å². The maximum absolute atomic E-state index is 12.7. The molecule has 0 aliphatic heterocycles. The fourth-order valence-corrected chi connectivity index (χ4v) is 2.66. The molecule has 1 unspecified atom stereocenters. The summed E-state index contributed by atoms with van der Waals surface area (Å²) < 4.78 is 0. The summed E-state index contributed by atoms with van der Waals surface area (Å²) in [5.41, 5.74) is 0. The van der Waals surface area contributed by atoms with E-state index in [9.17, 15) is 24.0 Å². The molecular formula is C20H32N6O5. The van der Waals surface area contributed by atoms with Gasteiger partial charge in [0.1, 0.15) is 6.17 Å². The van der Waals surface area contributed by atoms with Crippen LogP contribution in [0.3, 0.4) is 0 Å². The molecule has 172 valence electrons. The van der Waals surface area contributed by atoms with Gasteiger partial charge in [-0.1, -0.05) is 13.3 Å². The zero-order valence-electron chi connectivity index (χ0n) is 18.1. The quantitative estimate of drug-likeness (QED) is 0.204. The van der Waals surface area contributed by atoms with E-state index in [2.05, 4.69) is 25.6 Å². The lowest BCUT2D eigenvalue weighted by molar-refractivity contribution is 0.182. The molecule has 11 heteroatoms. The van der Waals surface area contributed by atoms with Gasteiger partial charge < -0.3 is 10.6 Å². The first-order chi connectivity index (χ1) is 15.1. The first-order valence-electron chi connectivity index (χ1n) is 10.6. The first-order valence-corrected chi connectivity index (χ1v) is 10.6. The Kier molecular flexibility index (Phi) is 18.1. The van der Waals surface area contributed by atoms with E-state index >= 15 is 0 Å². The van der Waals surface area contributed by atoms with Crippen molar-refractivity contribution in [1.29, 1.82) is 0 Å². The molecule has 0 saturated carbocycles. The van der Waals surface area contributed by atoms with Crippen LogP contribution in [0.25, 0.3) is 0 Å². The molecule has 0 spiro atoms. The lowest BCUT2D eigenvalue weighted by Crippen LogP contribution is -2.51. The van der Waals surface area contributed by atoms with Gasteiger partial charge in [-0.05, 0) is 51.4 Å². The van der Waals surface area contributed by atoms with Gasteiger partial charge in [-0.15, -0.1) is 0 Å². The fourth-order valence-electron chi connectivity index (χ4n) is 2.66. The maximum atomic E-state index is 12.7. The number of imide groups is 1. The lowest BCUT2D eigenvalue weighted by Gasteiger charge is -2.23. The van der Waals surface area contributed by atoms with Crippen LogP contribution in [-0.2, 0) is 14.4 Å². The Hall–Kier alpha value is -3.12. The average Bonchev–Trinajstić information content (AvgIpc) is 2.76. The second kappa shape index (κ2) is 20.2. The van der Waals surface area contributed by atoms with Crippen molar-refractivity contribution in [3.63, 3.8) is 0 Å². The Bertz CT molecular complexity index is 667. The Morgan fingerprint density at radius 2 is 1.48 bits per heavy atom. The van der Waals surface area contributed by atoms with E-state index < -0.39 is 18.2 Å². The van der Waals surface area contributed by atoms with Crippen LogP contribution in [0.15, 0.2) is 15.0 Å². The minimum absolute atomic E-state index is 0.168. The Morgan fingerprint density at radius 3 is 2.06 bits per heavy atom. The SMILES string of the molecule is CCCCC(N=C=O)NC(=O)N(CCCCCN=C=O)C(=O)NCCCCCN=C=O. The summed E-state index contributed by atoms with van der Waals surface area (Å²) in [5.74, 6) is 0. The van der Waals surface area contributed by atoms with Gasteiger partial charge in [0.25, 0.3) is 0 Å². The van der Waals surface area contributed by atoms with E-state index in [1.807, 2.05) is 6.92 Å². The highest BCUT2D eigenvalue weighted by Crippen LogP contribution is 2.05. The Morgan fingerprint density at radius 1 is 0.839 bits per heavy atom. The Balaban J connectivity index is 4.77. The van der Waals surface area contributed by atoms with Gasteiger partial charge in [0.2, 0.25) is 18.2 Å². The normalized spacial score (nSPS) is 10.6. The third-order valence-corrected chi connectivity index (χ3v) is 4.32. The number of rotatable bonds is 17. The summed E-state index contributed by atoms with van der Waals surface area (Å²) in [7, 11) is 0. The second-order valence-electron chi connectivity index (χ2n) is 6.78. The molecule has 0 rings (SSSR count). The van der Waals surface area contributed by atoms with E-state index in [1.54, 1.807) is 0 Å². The molecule has 31 heavy (non-hydrogen) atoms. The molecule has 11 nitrogen and oxygen atoms in total. The van der Waals surface area contributed by atoms with E-state index in [4.69, 9.17) is 0 Å². The van der Waals surface area contributed by atoms with Crippen LogP contribution in [0.1, 0.15) is 64.7 Å². The summed E-state index contributed by atoms with van der Waals surface area (Å²) >= 11 is 0. The molecule has 1 atom stereocenters. The van der Waals surface area contributed by atoms with Gasteiger partial charge in [0.15, 0.2) is 0 Å². The number of isocyanates is 3. The second-order valence-corrected chi connectivity index (χ2v) is 6.78. The minimum atomic E-state index is -0.736. The van der Waals surface area contributed by atoms with Crippen molar-refractivity contribution in [2.75, 3.05) is 26.2 Å². The number of nitrogens with one attached hydrogen (secondary N) is 2. The van der Waals surface area contributed by atoms with Crippen molar-refractivity contribution in [1.82, 2.24) is 15.5 Å². The molecule has 0 aromatic rings. The van der Waals surface area contributed by atoms with Crippen molar-refractivity contribution in [3.8, 4) is 0 Å². The molecule has 0 heterocycles. The zero-order chi connectivity index (χ0) is 23.2. The molecule has 0 aliphatic rings. The van der Waals surface area contributed by atoms with E-state index in [0.29, 0.717) is 58.2 Å². The highest BCUT2D eigenvalue weighted by Gasteiger charge is 2.23. The van der Waals surface area contributed by atoms with Gasteiger partial charge in [0, 0.05) is 13.1 Å². The number of nitrogens with zero attached hydrogens (tertiary/aromatic N) is 4. The average molecular weight is 437 g/mol. The predicted octanol–water partition coefficient (Wildman–Crippen LogP) is 2.57. The van der Waals surface area contributed by atoms with E-state index in [0.717, 1.165) is 24.2 Å². The molecule has 0 aromatic carbocycles. The summed E-state index contributed by atoms with van der Waals surface area (Å²) in [6.45, 7) is 3.26. The molecule has 0 bridgehead atoms. The lowest BCUT2D eigenvalue weighted by atomic mass is 10.2. The van der Waals surface area contributed by atoms with Crippen molar-refractivity contribution >= 4 is 30.3 Å². The standard InChI is InChI=1S/C20H32N6O5/c1-2-3-10-18(24-17-29)25-20(31)26(14-9-5-7-12-22-16-28)19(30)23-13-8-4-6-11-21-15-27/h18H,2-14H2,1H3,(H,23,30)(H,25,31). The third-order valence-electron chi connectivity index (χ3n) is 4.32. The molecule has 0 saturated heterocycles. The van der Waals surface area contributed by atoms with Crippen LogP contribution in [0, 0.1) is 0 Å². The molecule has 0 aromatic heterocycles. The van der Waals surface area contributed by atoms with Gasteiger partial charge in [-0.25, -0.2) is 38.9 Å². The van der Waals surface area contributed by atoms with Crippen molar-refractivity contribution < 1.29 is 24.0 Å². The first kappa shape index (κ1) is 27.9. The van der Waals surface area contributed by atoms with Crippen molar-refractivity contribution in [3.05, 3.63) is 0 Å². The molecular weight excluding hydrogens is 404 g/mol. The molecule has 0 fully saturated rings. The summed E-state index contributed by atoms with van der Waals surface area (Å²) in [6, 6.07) is -1.18. The minimum Gasteiger partial charge on any atom is -0.338 e. The van der Waals surface area contributed by atoms with Crippen LogP contribution in [0.4, 0.5) is 9.59 Å². The van der Waals surface area contributed by atoms with Crippen LogP contribution < -0.4 is 10.6 Å². The maximum Gasteiger partial charge on any atom is 0.327 e. The number of hydrogen-bond acceptors (Lipinski definition) is 8. The smallest absolute Gasteiger partial charge is 0.327 e.